The van der Waals surface area contributed by atoms with E-state index in [0.29, 0.717) is 24.2 Å². The standard InChI is InChI=1S/C10H17ClN2O/c1-7(2)13-6-8(5-10(13)11)9(14)3-4-12/h5-7,9,14H,3-4,12H2,1-2H3. The van der Waals surface area contributed by atoms with Gasteiger partial charge in [0.2, 0.25) is 0 Å². The van der Waals surface area contributed by atoms with Gasteiger partial charge >= 0.3 is 0 Å². The Balaban J connectivity index is 2.85. The lowest BCUT2D eigenvalue weighted by atomic mass is 10.1. The monoisotopic (exact) mass is 216 g/mol. The summed E-state index contributed by atoms with van der Waals surface area (Å²) < 4.78 is 1.93. The van der Waals surface area contributed by atoms with Crippen molar-refractivity contribution >= 4 is 11.6 Å². The first-order valence-corrected chi connectivity index (χ1v) is 5.19. The lowest BCUT2D eigenvalue weighted by Crippen LogP contribution is -2.06. The third-order valence-electron chi connectivity index (χ3n) is 2.20. The Kier molecular flexibility index (Phi) is 3.98. The lowest BCUT2D eigenvalue weighted by Gasteiger charge is -2.09. The van der Waals surface area contributed by atoms with E-state index >= 15 is 0 Å². The fourth-order valence-electron chi connectivity index (χ4n) is 1.37. The van der Waals surface area contributed by atoms with Crippen LogP contribution in [0.1, 0.15) is 38.0 Å². The minimum atomic E-state index is -0.502. The molecule has 3 nitrogen and oxygen atoms in total. The third-order valence-corrected chi connectivity index (χ3v) is 2.51. The van der Waals surface area contributed by atoms with E-state index in [4.69, 9.17) is 17.3 Å². The van der Waals surface area contributed by atoms with E-state index in [-0.39, 0.29) is 0 Å². The lowest BCUT2D eigenvalue weighted by molar-refractivity contribution is 0.170. The molecule has 4 heteroatoms. The average molecular weight is 217 g/mol. The molecule has 1 heterocycles. The number of aliphatic hydroxyl groups is 1. The Bertz CT molecular complexity index is 296. The normalized spacial score (nSPS) is 13.6. The number of nitrogens with zero attached hydrogens (tertiary/aromatic N) is 1. The van der Waals surface area contributed by atoms with Crippen molar-refractivity contribution in [3.8, 4) is 0 Å². The van der Waals surface area contributed by atoms with Crippen molar-refractivity contribution < 1.29 is 5.11 Å². The second-order valence-electron chi connectivity index (χ2n) is 3.69. The number of aromatic nitrogens is 1. The zero-order valence-corrected chi connectivity index (χ0v) is 9.33. The average Bonchev–Trinajstić information content (AvgIpc) is 2.48. The van der Waals surface area contributed by atoms with Gasteiger partial charge in [0.05, 0.1) is 6.10 Å². The van der Waals surface area contributed by atoms with Gasteiger partial charge in [-0.1, -0.05) is 11.6 Å². The summed E-state index contributed by atoms with van der Waals surface area (Å²) in [6.45, 7) is 4.57. The van der Waals surface area contributed by atoms with Crippen molar-refractivity contribution in [3.63, 3.8) is 0 Å². The zero-order chi connectivity index (χ0) is 10.7. The number of nitrogens with two attached hydrogens (primary N) is 1. The van der Waals surface area contributed by atoms with Gasteiger partial charge in [-0.3, -0.25) is 0 Å². The van der Waals surface area contributed by atoms with E-state index in [1.54, 1.807) is 6.07 Å². The molecular formula is C10H17ClN2O. The predicted molar refractivity (Wildman–Crippen MR) is 58.5 cm³/mol. The highest BCUT2D eigenvalue weighted by atomic mass is 35.5. The zero-order valence-electron chi connectivity index (χ0n) is 8.57. The summed E-state index contributed by atoms with van der Waals surface area (Å²) >= 11 is 6.00. The highest BCUT2D eigenvalue weighted by Gasteiger charge is 2.12. The van der Waals surface area contributed by atoms with Crippen LogP contribution in [0.5, 0.6) is 0 Å². The Morgan fingerprint density at radius 2 is 2.21 bits per heavy atom. The van der Waals surface area contributed by atoms with Crippen molar-refractivity contribution in [2.75, 3.05) is 6.54 Å². The van der Waals surface area contributed by atoms with Crippen molar-refractivity contribution in [1.29, 1.82) is 0 Å². The van der Waals surface area contributed by atoms with Crippen LogP contribution in [0.4, 0.5) is 0 Å². The second-order valence-corrected chi connectivity index (χ2v) is 4.08. The summed E-state index contributed by atoms with van der Waals surface area (Å²) in [7, 11) is 0. The van der Waals surface area contributed by atoms with Crippen LogP contribution in [-0.2, 0) is 0 Å². The molecule has 0 aromatic carbocycles. The van der Waals surface area contributed by atoms with Crippen LogP contribution < -0.4 is 5.73 Å². The summed E-state index contributed by atoms with van der Waals surface area (Å²) in [5.74, 6) is 0. The first-order chi connectivity index (χ1) is 6.56. The van der Waals surface area contributed by atoms with Crippen LogP contribution in [0.2, 0.25) is 5.15 Å². The van der Waals surface area contributed by atoms with Gasteiger partial charge < -0.3 is 15.4 Å². The van der Waals surface area contributed by atoms with Crippen molar-refractivity contribution in [2.45, 2.75) is 32.4 Å². The Hall–Kier alpha value is -0.510. The molecule has 14 heavy (non-hydrogen) atoms. The van der Waals surface area contributed by atoms with E-state index in [1.165, 1.54) is 0 Å². The van der Waals surface area contributed by atoms with Crippen molar-refractivity contribution in [2.24, 2.45) is 5.73 Å². The maximum Gasteiger partial charge on any atom is 0.109 e. The van der Waals surface area contributed by atoms with Gasteiger partial charge in [-0.05, 0) is 38.4 Å². The topological polar surface area (TPSA) is 51.2 Å². The molecule has 0 aliphatic rings. The third kappa shape index (κ3) is 2.50. The molecule has 1 atom stereocenters. The second kappa shape index (κ2) is 4.82. The molecular weight excluding hydrogens is 200 g/mol. The summed E-state index contributed by atoms with van der Waals surface area (Å²) in [5, 5.41) is 10.3. The van der Waals surface area contributed by atoms with Gasteiger partial charge in [0.1, 0.15) is 5.15 Å². The van der Waals surface area contributed by atoms with E-state index in [9.17, 15) is 5.11 Å². The SMILES string of the molecule is CC(C)n1cc(C(O)CCN)cc1Cl. The summed E-state index contributed by atoms with van der Waals surface area (Å²) in [6, 6.07) is 2.10. The van der Waals surface area contributed by atoms with E-state index in [1.807, 2.05) is 24.6 Å². The van der Waals surface area contributed by atoms with Crippen LogP contribution in [0, 0.1) is 0 Å². The number of hydrogen-bond acceptors (Lipinski definition) is 2. The van der Waals surface area contributed by atoms with Gasteiger partial charge in [-0.15, -0.1) is 0 Å². The molecule has 0 aliphatic heterocycles. The molecule has 0 bridgehead atoms. The molecule has 0 aliphatic carbocycles. The van der Waals surface area contributed by atoms with Crippen LogP contribution in [-0.4, -0.2) is 16.2 Å². The molecule has 0 spiro atoms. The van der Waals surface area contributed by atoms with Crippen molar-refractivity contribution in [1.82, 2.24) is 4.57 Å². The van der Waals surface area contributed by atoms with Crippen LogP contribution in [0.3, 0.4) is 0 Å². The molecule has 1 aromatic heterocycles. The Labute approximate surface area is 89.5 Å². The van der Waals surface area contributed by atoms with Gasteiger partial charge in [0.25, 0.3) is 0 Å². The van der Waals surface area contributed by atoms with Gasteiger partial charge in [-0.25, -0.2) is 0 Å². The largest absolute Gasteiger partial charge is 0.388 e. The minimum Gasteiger partial charge on any atom is -0.388 e. The van der Waals surface area contributed by atoms with Crippen molar-refractivity contribution in [3.05, 3.63) is 23.0 Å². The number of hydrogen-bond donors (Lipinski definition) is 2. The van der Waals surface area contributed by atoms with Gasteiger partial charge in [-0.2, -0.15) is 0 Å². The first kappa shape index (κ1) is 11.6. The van der Waals surface area contributed by atoms with E-state index < -0.39 is 6.10 Å². The van der Waals surface area contributed by atoms with Crippen LogP contribution >= 0.6 is 11.6 Å². The number of aliphatic hydroxyl groups excluding tert-OH is 1. The molecule has 1 unspecified atom stereocenters. The highest BCUT2D eigenvalue weighted by Crippen LogP contribution is 2.25. The van der Waals surface area contributed by atoms with Crippen LogP contribution in [0.15, 0.2) is 12.3 Å². The molecule has 0 fully saturated rings. The predicted octanol–water partition coefficient (Wildman–Crippen LogP) is 2.10. The first-order valence-electron chi connectivity index (χ1n) is 4.81. The summed E-state index contributed by atoms with van der Waals surface area (Å²) in [6.07, 6.45) is 1.95. The highest BCUT2D eigenvalue weighted by molar-refractivity contribution is 6.29. The van der Waals surface area contributed by atoms with E-state index in [0.717, 1.165) is 5.56 Å². The smallest absolute Gasteiger partial charge is 0.109 e. The maximum atomic E-state index is 9.69. The fraction of sp³-hybridized carbons (Fsp3) is 0.600. The maximum absolute atomic E-state index is 9.69. The molecule has 80 valence electrons. The summed E-state index contributed by atoms with van der Waals surface area (Å²) in [4.78, 5) is 0. The molecule has 0 saturated carbocycles. The molecule has 3 N–H and O–H groups in total. The number of rotatable bonds is 4. The molecule has 1 rings (SSSR count). The van der Waals surface area contributed by atoms with Gasteiger partial charge in [0.15, 0.2) is 0 Å². The Morgan fingerprint density at radius 1 is 1.57 bits per heavy atom. The quantitative estimate of drug-likeness (QED) is 0.810. The van der Waals surface area contributed by atoms with Crippen LogP contribution in [0.25, 0.3) is 0 Å². The Morgan fingerprint density at radius 3 is 2.64 bits per heavy atom. The molecule has 0 saturated heterocycles. The molecule has 1 aromatic rings. The van der Waals surface area contributed by atoms with Gasteiger partial charge in [0, 0.05) is 12.2 Å². The molecule has 0 amide bonds. The molecule has 0 radical (unpaired) electrons. The fourth-order valence-corrected chi connectivity index (χ4v) is 1.74. The van der Waals surface area contributed by atoms with E-state index in [2.05, 4.69) is 0 Å². The summed E-state index contributed by atoms with van der Waals surface area (Å²) in [5.41, 5.74) is 6.21. The minimum absolute atomic E-state index is 0.307. The number of halogens is 1.